The van der Waals surface area contributed by atoms with E-state index >= 15 is 0 Å². The van der Waals surface area contributed by atoms with Gasteiger partial charge in [0.25, 0.3) is 0 Å². The molecule has 0 unspecified atom stereocenters. The molecule has 0 aromatic carbocycles. The minimum atomic E-state index is 0.858. The average Bonchev–Trinajstić information content (AvgIpc) is 2.74. The van der Waals surface area contributed by atoms with Gasteiger partial charge in [0.15, 0.2) is 0 Å². The molecule has 2 heterocycles. The lowest BCUT2D eigenvalue weighted by Gasteiger charge is -2.00. The maximum atomic E-state index is 4.31. The van der Waals surface area contributed by atoms with Crippen LogP contribution in [0, 0.1) is 13.8 Å². The van der Waals surface area contributed by atoms with Gasteiger partial charge in [-0.2, -0.15) is 5.10 Å². The van der Waals surface area contributed by atoms with Gasteiger partial charge in [-0.15, -0.1) is 11.3 Å². The van der Waals surface area contributed by atoms with Gasteiger partial charge >= 0.3 is 0 Å². The van der Waals surface area contributed by atoms with Crippen LogP contribution in [0.3, 0.4) is 0 Å². The van der Waals surface area contributed by atoms with Crippen molar-refractivity contribution in [1.82, 2.24) is 20.1 Å². The number of aryl methyl sites for hydroxylation is 3. The van der Waals surface area contributed by atoms with Crippen LogP contribution in [-0.4, -0.2) is 14.8 Å². The van der Waals surface area contributed by atoms with E-state index in [1.54, 1.807) is 11.3 Å². The van der Waals surface area contributed by atoms with Crippen LogP contribution in [0.1, 0.15) is 21.1 Å². The highest BCUT2D eigenvalue weighted by Gasteiger charge is 2.03. The summed E-state index contributed by atoms with van der Waals surface area (Å²) in [5.74, 6) is 0. The molecule has 2 aromatic rings. The van der Waals surface area contributed by atoms with Crippen molar-refractivity contribution in [2.75, 3.05) is 0 Å². The van der Waals surface area contributed by atoms with Gasteiger partial charge in [0.1, 0.15) is 0 Å². The highest BCUT2D eigenvalue weighted by atomic mass is 32.1. The van der Waals surface area contributed by atoms with Gasteiger partial charge < -0.3 is 5.32 Å². The summed E-state index contributed by atoms with van der Waals surface area (Å²) >= 11 is 1.74. The van der Waals surface area contributed by atoms with Gasteiger partial charge in [0.05, 0.1) is 10.7 Å². The first-order chi connectivity index (χ1) is 7.65. The largest absolute Gasteiger partial charge is 0.308 e. The van der Waals surface area contributed by atoms with E-state index in [4.69, 9.17) is 0 Å². The number of nitrogens with one attached hydrogen (secondary N) is 1. The third-order valence-corrected chi connectivity index (χ3v) is 3.31. The van der Waals surface area contributed by atoms with Crippen molar-refractivity contribution in [2.24, 2.45) is 7.05 Å². The zero-order valence-electron chi connectivity index (χ0n) is 9.82. The van der Waals surface area contributed by atoms with Crippen LogP contribution in [0.25, 0.3) is 0 Å². The van der Waals surface area contributed by atoms with Crippen LogP contribution in [0.4, 0.5) is 0 Å². The van der Waals surface area contributed by atoms with Gasteiger partial charge in [-0.25, -0.2) is 4.98 Å². The molecule has 2 rings (SSSR count). The van der Waals surface area contributed by atoms with E-state index < -0.39 is 0 Å². The number of rotatable bonds is 4. The molecule has 0 radical (unpaired) electrons. The van der Waals surface area contributed by atoms with Crippen molar-refractivity contribution >= 4 is 11.3 Å². The topological polar surface area (TPSA) is 42.7 Å². The summed E-state index contributed by atoms with van der Waals surface area (Å²) in [5, 5.41) is 8.83. The van der Waals surface area contributed by atoms with Crippen LogP contribution >= 0.6 is 11.3 Å². The summed E-state index contributed by atoms with van der Waals surface area (Å²) in [4.78, 5) is 5.50. The highest BCUT2D eigenvalue weighted by Crippen LogP contribution is 2.11. The van der Waals surface area contributed by atoms with Crippen molar-refractivity contribution in [3.8, 4) is 0 Å². The Labute approximate surface area is 99.3 Å². The molecular weight excluding hydrogens is 220 g/mol. The van der Waals surface area contributed by atoms with Crippen molar-refractivity contribution in [3.05, 3.63) is 33.5 Å². The Kier molecular flexibility index (Phi) is 3.36. The van der Waals surface area contributed by atoms with Crippen molar-refractivity contribution in [1.29, 1.82) is 0 Å². The fourth-order valence-electron chi connectivity index (χ4n) is 1.63. The van der Waals surface area contributed by atoms with Crippen LogP contribution < -0.4 is 5.32 Å². The number of thiazole rings is 1. The molecule has 0 atom stereocenters. The van der Waals surface area contributed by atoms with E-state index in [0.717, 1.165) is 23.8 Å². The second kappa shape index (κ2) is 4.76. The van der Waals surface area contributed by atoms with Crippen molar-refractivity contribution in [2.45, 2.75) is 26.9 Å². The van der Waals surface area contributed by atoms with Crippen LogP contribution in [-0.2, 0) is 20.1 Å². The molecule has 0 aliphatic heterocycles. The van der Waals surface area contributed by atoms with E-state index in [-0.39, 0.29) is 0 Å². The maximum Gasteiger partial charge on any atom is 0.0897 e. The van der Waals surface area contributed by atoms with Crippen molar-refractivity contribution < 1.29 is 0 Å². The standard InChI is InChI=1S/C11H16N4S/c1-8-10(7-15(3)14-8)4-12-5-11-6-13-9(2)16-11/h6-7,12H,4-5H2,1-3H3. The molecular formula is C11H16N4S. The molecule has 0 aliphatic carbocycles. The van der Waals surface area contributed by atoms with E-state index in [9.17, 15) is 0 Å². The van der Waals surface area contributed by atoms with Gasteiger partial charge in [0.2, 0.25) is 0 Å². The fraction of sp³-hybridized carbons (Fsp3) is 0.455. The minimum absolute atomic E-state index is 0.858. The number of hydrogen-bond donors (Lipinski definition) is 1. The summed E-state index contributed by atoms with van der Waals surface area (Å²) in [5.41, 5.74) is 2.35. The molecule has 0 amide bonds. The molecule has 4 nitrogen and oxygen atoms in total. The first-order valence-electron chi connectivity index (χ1n) is 5.26. The second-order valence-corrected chi connectivity index (χ2v) is 5.18. The number of hydrogen-bond acceptors (Lipinski definition) is 4. The van der Waals surface area contributed by atoms with Gasteiger partial charge in [-0.3, -0.25) is 4.68 Å². The van der Waals surface area contributed by atoms with Crippen molar-refractivity contribution in [3.63, 3.8) is 0 Å². The molecule has 0 aliphatic rings. The van der Waals surface area contributed by atoms with Crippen LogP contribution in [0.2, 0.25) is 0 Å². The van der Waals surface area contributed by atoms with E-state index in [0.29, 0.717) is 0 Å². The zero-order chi connectivity index (χ0) is 11.5. The molecule has 5 heteroatoms. The number of aromatic nitrogens is 3. The molecule has 0 spiro atoms. The molecule has 0 saturated carbocycles. The molecule has 0 saturated heterocycles. The smallest absolute Gasteiger partial charge is 0.0897 e. The summed E-state index contributed by atoms with van der Waals surface area (Å²) < 4.78 is 1.85. The molecule has 0 fully saturated rings. The fourth-order valence-corrected chi connectivity index (χ4v) is 2.39. The highest BCUT2D eigenvalue weighted by molar-refractivity contribution is 7.11. The lowest BCUT2D eigenvalue weighted by Crippen LogP contribution is -2.11. The third kappa shape index (κ3) is 2.68. The maximum absolute atomic E-state index is 4.31. The van der Waals surface area contributed by atoms with E-state index in [1.165, 1.54) is 10.4 Å². The minimum Gasteiger partial charge on any atom is -0.308 e. The first-order valence-corrected chi connectivity index (χ1v) is 6.08. The second-order valence-electron chi connectivity index (χ2n) is 3.86. The van der Waals surface area contributed by atoms with E-state index in [1.807, 2.05) is 31.8 Å². The Bertz CT molecular complexity index is 472. The lowest BCUT2D eigenvalue weighted by molar-refractivity contribution is 0.696. The normalized spacial score (nSPS) is 10.9. The molecule has 2 aromatic heterocycles. The predicted octanol–water partition coefficient (Wildman–Crippen LogP) is 1.78. The Balaban J connectivity index is 1.86. The quantitative estimate of drug-likeness (QED) is 0.880. The van der Waals surface area contributed by atoms with Gasteiger partial charge in [0, 0.05) is 43.0 Å². The zero-order valence-corrected chi connectivity index (χ0v) is 10.6. The SMILES string of the molecule is Cc1ncc(CNCc2cn(C)nc2C)s1. The predicted molar refractivity (Wildman–Crippen MR) is 65.3 cm³/mol. The lowest BCUT2D eigenvalue weighted by atomic mass is 10.2. The van der Waals surface area contributed by atoms with Crippen LogP contribution in [0.15, 0.2) is 12.4 Å². The Morgan fingerprint density at radius 3 is 2.75 bits per heavy atom. The van der Waals surface area contributed by atoms with E-state index in [2.05, 4.69) is 21.6 Å². The Morgan fingerprint density at radius 1 is 1.38 bits per heavy atom. The molecule has 16 heavy (non-hydrogen) atoms. The molecule has 0 bridgehead atoms. The average molecular weight is 236 g/mol. The molecule has 1 N–H and O–H groups in total. The molecule has 86 valence electrons. The van der Waals surface area contributed by atoms with Gasteiger partial charge in [-0.1, -0.05) is 0 Å². The first kappa shape index (κ1) is 11.3. The Morgan fingerprint density at radius 2 is 2.19 bits per heavy atom. The summed E-state index contributed by atoms with van der Waals surface area (Å²) in [6.07, 6.45) is 3.99. The monoisotopic (exact) mass is 236 g/mol. The summed E-state index contributed by atoms with van der Waals surface area (Å²) in [7, 11) is 1.95. The summed E-state index contributed by atoms with van der Waals surface area (Å²) in [6, 6.07) is 0. The van der Waals surface area contributed by atoms with Crippen LogP contribution in [0.5, 0.6) is 0 Å². The Hall–Kier alpha value is -1.20. The van der Waals surface area contributed by atoms with Gasteiger partial charge in [-0.05, 0) is 13.8 Å². The summed E-state index contributed by atoms with van der Waals surface area (Å²) in [6.45, 7) is 5.80. The number of nitrogens with zero attached hydrogens (tertiary/aromatic N) is 3. The third-order valence-electron chi connectivity index (χ3n) is 2.40.